The summed E-state index contributed by atoms with van der Waals surface area (Å²) in [5.74, 6) is -0.490. The van der Waals surface area contributed by atoms with Gasteiger partial charge in [0.15, 0.2) is 5.82 Å². The second-order valence-electron chi connectivity index (χ2n) is 12.9. The summed E-state index contributed by atoms with van der Waals surface area (Å²) in [6.45, 7) is 19.9. The van der Waals surface area contributed by atoms with Crippen LogP contribution in [-0.2, 0) is 43.6 Å². The van der Waals surface area contributed by atoms with E-state index < -0.39 is 37.4 Å². The van der Waals surface area contributed by atoms with E-state index in [-0.39, 0.29) is 38.1 Å². The third-order valence-corrected chi connectivity index (χ3v) is 7.49. The molecule has 0 atom stereocenters. The lowest BCUT2D eigenvalue weighted by atomic mass is 10.1. The summed E-state index contributed by atoms with van der Waals surface area (Å²) in [4.78, 5) is 45.2. The van der Waals surface area contributed by atoms with Gasteiger partial charge in [-0.2, -0.15) is 4.90 Å². The molecule has 11 nitrogen and oxygen atoms in total. The Kier molecular flexibility index (Phi) is 9.37. The molecule has 0 saturated carbocycles. The van der Waals surface area contributed by atoms with Crippen LogP contribution in [0.3, 0.4) is 0 Å². The van der Waals surface area contributed by atoms with Crippen molar-refractivity contribution in [2.45, 2.75) is 105 Å². The molecule has 3 heterocycles. The number of amides is 2. The van der Waals surface area contributed by atoms with Crippen LogP contribution >= 0.6 is 0 Å². The summed E-state index contributed by atoms with van der Waals surface area (Å²) < 4.78 is 30.0. The number of carbonyl (C=O) groups is 3. The van der Waals surface area contributed by atoms with Crippen molar-refractivity contribution in [3.63, 3.8) is 0 Å². The fourth-order valence-corrected chi connectivity index (χ4v) is 4.81. The molecular weight excluding hydrogens is 534 g/mol. The number of ether oxygens (including phenoxy) is 5. The zero-order chi connectivity index (χ0) is 30.0. The Labute approximate surface area is 237 Å². The number of imide groups is 1. The number of rotatable bonds is 8. The molecule has 2 aromatic heterocycles. The Bertz CT molecular complexity index is 1240. The summed E-state index contributed by atoms with van der Waals surface area (Å²) in [5, 5.41) is 0. The largest absolute Gasteiger partial charge is 0.461 e. The smallest absolute Gasteiger partial charge is 0.425 e. The van der Waals surface area contributed by atoms with E-state index in [0.717, 1.165) is 10.9 Å². The van der Waals surface area contributed by atoms with Crippen LogP contribution in [0.15, 0.2) is 6.07 Å². The van der Waals surface area contributed by atoms with Gasteiger partial charge in [0.05, 0.1) is 30.9 Å². The topological polar surface area (TPSA) is 118 Å². The minimum atomic E-state index is -1.33. The van der Waals surface area contributed by atoms with Crippen LogP contribution in [0.2, 0.25) is 25.7 Å². The maximum atomic E-state index is 13.4. The Hall–Kier alpha value is -2.96. The SMILES string of the molecule is CCOC(=O)c1cc2nc(N(C(=O)OC(C)(C)C)C(=O)OC(C)(C)C)c3c(c2n1COCC[Si](C)(C)C)COC3. The van der Waals surface area contributed by atoms with Crippen molar-refractivity contribution in [2.24, 2.45) is 0 Å². The van der Waals surface area contributed by atoms with Crippen molar-refractivity contribution < 1.29 is 38.1 Å². The second kappa shape index (κ2) is 11.9. The van der Waals surface area contributed by atoms with E-state index in [1.165, 1.54) is 0 Å². The van der Waals surface area contributed by atoms with Gasteiger partial charge in [-0.1, -0.05) is 19.6 Å². The number of nitrogens with zero attached hydrogens (tertiary/aromatic N) is 3. The fraction of sp³-hybridized carbons (Fsp3) is 0.643. The Morgan fingerprint density at radius 2 is 1.57 bits per heavy atom. The van der Waals surface area contributed by atoms with E-state index in [0.29, 0.717) is 28.8 Å². The number of hydrogen-bond donors (Lipinski definition) is 0. The van der Waals surface area contributed by atoms with E-state index >= 15 is 0 Å². The highest BCUT2D eigenvalue weighted by Gasteiger charge is 2.38. The number of anilines is 1. The van der Waals surface area contributed by atoms with Gasteiger partial charge in [-0.25, -0.2) is 19.4 Å². The predicted molar refractivity (Wildman–Crippen MR) is 153 cm³/mol. The molecule has 222 valence electrons. The number of aromatic nitrogens is 2. The molecule has 0 fully saturated rings. The molecular formula is C28H43N3O8Si. The van der Waals surface area contributed by atoms with Crippen LogP contribution in [0, 0.1) is 0 Å². The second-order valence-corrected chi connectivity index (χ2v) is 18.6. The van der Waals surface area contributed by atoms with Crippen LogP contribution in [-0.4, -0.2) is 60.2 Å². The van der Waals surface area contributed by atoms with Crippen LogP contribution in [0.25, 0.3) is 11.0 Å². The molecule has 0 N–H and O–H groups in total. The highest BCUT2D eigenvalue weighted by molar-refractivity contribution is 6.76. The molecule has 0 spiro atoms. The van der Waals surface area contributed by atoms with Gasteiger partial charge in [0.1, 0.15) is 23.6 Å². The first kappa shape index (κ1) is 31.6. The molecule has 2 amide bonds. The number of carbonyl (C=O) groups excluding carboxylic acids is 3. The monoisotopic (exact) mass is 577 g/mol. The van der Waals surface area contributed by atoms with Gasteiger partial charge in [0.25, 0.3) is 0 Å². The van der Waals surface area contributed by atoms with Crippen molar-refractivity contribution in [3.05, 3.63) is 22.9 Å². The Morgan fingerprint density at radius 1 is 1.00 bits per heavy atom. The highest BCUT2D eigenvalue weighted by Crippen LogP contribution is 2.37. The maximum Gasteiger partial charge on any atom is 0.425 e. The summed E-state index contributed by atoms with van der Waals surface area (Å²) in [6, 6.07) is 2.55. The van der Waals surface area contributed by atoms with Gasteiger partial charge in [-0.15, -0.1) is 0 Å². The van der Waals surface area contributed by atoms with Crippen LogP contribution in [0.5, 0.6) is 0 Å². The van der Waals surface area contributed by atoms with Crippen molar-refractivity contribution >= 4 is 43.1 Å². The zero-order valence-corrected chi connectivity index (χ0v) is 26.4. The summed E-state index contributed by atoms with van der Waals surface area (Å²) >= 11 is 0. The molecule has 3 rings (SSSR count). The molecule has 0 bridgehead atoms. The van der Waals surface area contributed by atoms with Gasteiger partial charge in [0, 0.05) is 25.8 Å². The first-order chi connectivity index (χ1) is 18.4. The van der Waals surface area contributed by atoms with Gasteiger partial charge in [0.2, 0.25) is 0 Å². The third kappa shape index (κ3) is 7.82. The summed E-state index contributed by atoms with van der Waals surface area (Å²) in [7, 11) is -1.33. The molecule has 0 saturated heterocycles. The first-order valence-corrected chi connectivity index (χ1v) is 17.3. The molecule has 1 aliphatic heterocycles. The first-order valence-electron chi connectivity index (χ1n) is 13.6. The summed E-state index contributed by atoms with van der Waals surface area (Å²) in [5.41, 5.74) is 0.727. The Balaban J connectivity index is 2.18. The minimum absolute atomic E-state index is 0.0377. The molecule has 0 unspecified atom stereocenters. The number of esters is 1. The van der Waals surface area contributed by atoms with Gasteiger partial charge in [-0.3, -0.25) is 0 Å². The lowest BCUT2D eigenvalue weighted by Gasteiger charge is -2.29. The van der Waals surface area contributed by atoms with Crippen LogP contribution in [0.4, 0.5) is 15.4 Å². The lowest BCUT2D eigenvalue weighted by molar-refractivity contribution is 0.0425. The average molecular weight is 578 g/mol. The van der Waals surface area contributed by atoms with E-state index in [1.807, 2.05) is 0 Å². The third-order valence-electron chi connectivity index (χ3n) is 5.78. The van der Waals surface area contributed by atoms with Crippen molar-refractivity contribution in [1.29, 1.82) is 0 Å². The van der Waals surface area contributed by atoms with E-state index in [4.69, 9.17) is 28.7 Å². The Morgan fingerprint density at radius 3 is 2.10 bits per heavy atom. The molecule has 40 heavy (non-hydrogen) atoms. The number of hydrogen-bond acceptors (Lipinski definition) is 9. The molecule has 2 aromatic rings. The normalized spacial score (nSPS) is 13.8. The molecule has 0 radical (unpaired) electrons. The van der Waals surface area contributed by atoms with E-state index in [2.05, 4.69) is 19.6 Å². The van der Waals surface area contributed by atoms with Crippen molar-refractivity contribution in [1.82, 2.24) is 9.55 Å². The van der Waals surface area contributed by atoms with Gasteiger partial charge in [-0.05, 0) is 60.6 Å². The van der Waals surface area contributed by atoms with Crippen LogP contribution in [0.1, 0.15) is 70.1 Å². The predicted octanol–water partition coefficient (Wildman–Crippen LogP) is 6.23. The van der Waals surface area contributed by atoms with Gasteiger partial charge < -0.3 is 28.3 Å². The molecule has 12 heteroatoms. The minimum Gasteiger partial charge on any atom is -0.461 e. The molecule has 1 aliphatic rings. The molecule has 0 aromatic carbocycles. The number of pyridine rings is 1. The van der Waals surface area contributed by atoms with E-state index in [1.54, 1.807) is 59.1 Å². The quantitative estimate of drug-likeness (QED) is 0.156. The van der Waals surface area contributed by atoms with Crippen molar-refractivity contribution in [2.75, 3.05) is 18.1 Å². The molecule has 0 aliphatic carbocycles. The standard InChI is InChI=1S/C28H43N3O8Si/c1-11-37-24(32)21-14-20-22(30(21)17-35-12-13-40(8,9)10)18-15-36-16-19(18)23(29-20)31(25(33)38-27(2,3)4)26(34)39-28(5,6)7/h14H,11-13,15-17H2,1-10H3. The van der Waals surface area contributed by atoms with E-state index in [9.17, 15) is 14.4 Å². The fourth-order valence-electron chi connectivity index (χ4n) is 4.05. The highest BCUT2D eigenvalue weighted by atomic mass is 28.3. The van der Waals surface area contributed by atoms with Crippen LogP contribution < -0.4 is 4.90 Å². The number of fused-ring (bicyclic) bond motifs is 3. The zero-order valence-electron chi connectivity index (χ0n) is 25.4. The lowest BCUT2D eigenvalue weighted by Crippen LogP contribution is -2.44. The van der Waals surface area contributed by atoms with Gasteiger partial charge >= 0.3 is 18.2 Å². The maximum absolute atomic E-state index is 13.4. The summed E-state index contributed by atoms with van der Waals surface area (Å²) in [6.07, 6.45) is -1.86. The van der Waals surface area contributed by atoms with Crippen molar-refractivity contribution in [3.8, 4) is 0 Å². The average Bonchev–Trinajstić information content (AvgIpc) is 3.38.